The van der Waals surface area contributed by atoms with Gasteiger partial charge in [0.2, 0.25) is 0 Å². The van der Waals surface area contributed by atoms with Crippen LogP contribution in [0.15, 0.2) is 42.5 Å². The second kappa shape index (κ2) is 8.38. The maximum absolute atomic E-state index is 6.16. The number of unbranched alkanes of at least 4 members (excludes halogenated alkanes) is 1. The molecule has 0 N–H and O–H groups in total. The van der Waals surface area contributed by atoms with Crippen molar-refractivity contribution in [1.29, 1.82) is 0 Å². The number of imidazole rings is 1. The first-order valence-corrected chi connectivity index (χ1v) is 10.5. The van der Waals surface area contributed by atoms with E-state index in [2.05, 4.69) is 88.6 Å². The number of para-hydroxylation sites is 2. The Hall–Kier alpha value is -2.29. The molecule has 0 unspecified atom stereocenters. The lowest BCUT2D eigenvalue weighted by Crippen LogP contribution is -2.19. The summed E-state index contributed by atoms with van der Waals surface area (Å²) in [6.45, 7) is 15.0. The van der Waals surface area contributed by atoms with E-state index in [1.54, 1.807) is 0 Å². The smallest absolute Gasteiger partial charge is 0.122 e. The first-order valence-electron chi connectivity index (χ1n) is 10.5. The molecule has 0 spiro atoms. The van der Waals surface area contributed by atoms with Crippen molar-refractivity contribution in [1.82, 2.24) is 9.55 Å². The van der Waals surface area contributed by atoms with Crippen LogP contribution in [-0.2, 0) is 12.0 Å². The van der Waals surface area contributed by atoms with Crippen LogP contribution in [0.1, 0.15) is 70.3 Å². The van der Waals surface area contributed by atoms with Crippen LogP contribution in [0.4, 0.5) is 0 Å². The lowest BCUT2D eigenvalue weighted by Gasteiger charge is -2.20. The Labute approximate surface area is 169 Å². The standard InChI is InChI=1S/C25H34N2O/c1-18(2)20-14-13-19(3)17-23(20)28-16-10-9-15-27-22-12-8-7-11-21(22)26-24(27)25(4,5)6/h7-8,11-14,17-18H,9-10,15-16H2,1-6H3. The molecule has 1 heterocycles. The van der Waals surface area contributed by atoms with Gasteiger partial charge in [0, 0.05) is 12.0 Å². The normalized spacial score (nSPS) is 12.1. The van der Waals surface area contributed by atoms with E-state index in [-0.39, 0.29) is 5.41 Å². The highest BCUT2D eigenvalue weighted by Crippen LogP contribution is 2.28. The van der Waals surface area contributed by atoms with Gasteiger partial charge in [-0.2, -0.15) is 0 Å². The molecule has 0 aliphatic heterocycles. The second-order valence-corrected chi connectivity index (χ2v) is 9.08. The van der Waals surface area contributed by atoms with E-state index >= 15 is 0 Å². The molecule has 3 aromatic rings. The van der Waals surface area contributed by atoms with Gasteiger partial charge in [-0.1, -0.05) is 58.9 Å². The van der Waals surface area contributed by atoms with Gasteiger partial charge in [0.1, 0.15) is 11.6 Å². The van der Waals surface area contributed by atoms with Crippen LogP contribution in [0.3, 0.4) is 0 Å². The molecule has 0 radical (unpaired) electrons. The summed E-state index contributed by atoms with van der Waals surface area (Å²) in [4.78, 5) is 4.90. The molecule has 0 amide bonds. The van der Waals surface area contributed by atoms with Gasteiger partial charge in [-0.25, -0.2) is 4.98 Å². The molecule has 3 rings (SSSR count). The van der Waals surface area contributed by atoms with Crippen LogP contribution in [0.25, 0.3) is 11.0 Å². The highest BCUT2D eigenvalue weighted by Gasteiger charge is 2.22. The molecule has 2 aromatic carbocycles. The molecule has 0 saturated heterocycles. The maximum atomic E-state index is 6.16. The summed E-state index contributed by atoms with van der Waals surface area (Å²) < 4.78 is 8.55. The second-order valence-electron chi connectivity index (χ2n) is 9.08. The number of nitrogens with zero attached hydrogens (tertiary/aromatic N) is 2. The van der Waals surface area contributed by atoms with Gasteiger partial charge in [0.15, 0.2) is 0 Å². The van der Waals surface area contributed by atoms with E-state index in [1.165, 1.54) is 16.6 Å². The summed E-state index contributed by atoms with van der Waals surface area (Å²) in [5.41, 5.74) is 4.89. The van der Waals surface area contributed by atoms with E-state index < -0.39 is 0 Å². The molecule has 0 fully saturated rings. The van der Waals surface area contributed by atoms with Crippen molar-refractivity contribution in [3.05, 3.63) is 59.4 Å². The van der Waals surface area contributed by atoms with Gasteiger partial charge >= 0.3 is 0 Å². The van der Waals surface area contributed by atoms with Crippen molar-refractivity contribution < 1.29 is 4.74 Å². The lowest BCUT2D eigenvalue weighted by atomic mass is 9.95. The van der Waals surface area contributed by atoms with Gasteiger partial charge in [-0.3, -0.25) is 0 Å². The van der Waals surface area contributed by atoms with Gasteiger partial charge in [-0.15, -0.1) is 0 Å². The van der Waals surface area contributed by atoms with E-state index in [0.717, 1.165) is 43.1 Å². The third-order valence-corrected chi connectivity index (χ3v) is 5.15. The quantitative estimate of drug-likeness (QED) is 0.432. The zero-order valence-electron chi connectivity index (χ0n) is 18.2. The number of hydrogen-bond acceptors (Lipinski definition) is 2. The van der Waals surface area contributed by atoms with Gasteiger partial charge in [-0.05, 0) is 55.0 Å². The summed E-state index contributed by atoms with van der Waals surface area (Å²) in [6.07, 6.45) is 2.10. The Morgan fingerprint density at radius 2 is 1.79 bits per heavy atom. The van der Waals surface area contributed by atoms with E-state index in [9.17, 15) is 0 Å². The number of hydrogen-bond donors (Lipinski definition) is 0. The van der Waals surface area contributed by atoms with Gasteiger partial charge in [0.25, 0.3) is 0 Å². The number of rotatable bonds is 7. The van der Waals surface area contributed by atoms with Crippen molar-refractivity contribution >= 4 is 11.0 Å². The summed E-state index contributed by atoms with van der Waals surface area (Å²) >= 11 is 0. The molecule has 3 nitrogen and oxygen atoms in total. The molecule has 0 bridgehead atoms. The zero-order chi connectivity index (χ0) is 20.3. The van der Waals surface area contributed by atoms with Crippen LogP contribution in [0.5, 0.6) is 5.75 Å². The summed E-state index contributed by atoms with van der Waals surface area (Å²) in [7, 11) is 0. The highest BCUT2D eigenvalue weighted by molar-refractivity contribution is 5.76. The van der Waals surface area contributed by atoms with Crippen molar-refractivity contribution in [2.24, 2.45) is 0 Å². The largest absolute Gasteiger partial charge is 0.493 e. The Bertz CT molecular complexity index is 931. The third kappa shape index (κ3) is 4.57. The van der Waals surface area contributed by atoms with Crippen LogP contribution in [0, 0.1) is 6.92 Å². The molecule has 1 aromatic heterocycles. The first kappa shape index (κ1) is 20.4. The third-order valence-electron chi connectivity index (χ3n) is 5.15. The van der Waals surface area contributed by atoms with Crippen LogP contribution in [0.2, 0.25) is 0 Å². The summed E-state index contributed by atoms with van der Waals surface area (Å²) in [5, 5.41) is 0. The molecule has 0 atom stereocenters. The molecular formula is C25H34N2O. The average Bonchev–Trinajstić information content (AvgIpc) is 3.00. The molecule has 0 saturated carbocycles. The van der Waals surface area contributed by atoms with E-state index in [4.69, 9.17) is 9.72 Å². The predicted octanol–water partition coefficient (Wildman–Crippen LogP) is 6.62. The first-order chi connectivity index (χ1) is 13.3. The van der Waals surface area contributed by atoms with Crippen LogP contribution in [-0.4, -0.2) is 16.2 Å². The number of ether oxygens (including phenoxy) is 1. The van der Waals surface area contributed by atoms with Gasteiger partial charge in [0.05, 0.1) is 17.6 Å². The molecule has 28 heavy (non-hydrogen) atoms. The lowest BCUT2D eigenvalue weighted by molar-refractivity contribution is 0.298. The molecular weight excluding hydrogens is 344 g/mol. The van der Waals surface area contributed by atoms with E-state index in [1.807, 2.05) is 0 Å². The average molecular weight is 379 g/mol. The summed E-state index contributed by atoms with van der Waals surface area (Å²) in [6, 6.07) is 15.0. The molecule has 0 aliphatic carbocycles. The van der Waals surface area contributed by atoms with Crippen molar-refractivity contribution in [3.8, 4) is 5.75 Å². The number of benzene rings is 2. The minimum atomic E-state index is 0.0310. The molecule has 0 aliphatic rings. The molecule has 3 heteroatoms. The number of aryl methyl sites for hydroxylation is 2. The van der Waals surface area contributed by atoms with Crippen LogP contribution >= 0.6 is 0 Å². The Kier molecular flexibility index (Phi) is 6.12. The topological polar surface area (TPSA) is 27.1 Å². The highest BCUT2D eigenvalue weighted by atomic mass is 16.5. The summed E-state index contributed by atoms with van der Waals surface area (Å²) in [5.74, 6) is 2.68. The fourth-order valence-electron chi connectivity index (χ4n) is 3.67. The monoisotopic (exact) mass is 378 g/mol. The van der Waals surface area contributed by atoms with E-state index in [0.29, 0.717) is 5.92 Å². The Morgan fingerprint density at radius 3 is 2.50 bits per heavy atom. The van der Waals surface area contributed by atoms with Crippen molar-refractivity contribution in [2.45, 2.75) is 72.3 Å². The Balaban J connectivity index is 1.65. The van der Waals surface area contributed by atoms with Crippen molar-refractivity contribution in [3.63, 3.8) is 0 Å². The zero-order valence-corrected chi connectivity index (χ0v) is 18.2. The SMILES string of the molecule is Cc1ccc(C(C)C)c(OCCCCn2c(C(C)(C)C)nc3ccccc32)c1. The van der Waals surface area contributed by atoms with Gasteiger partial charge < -0.3 is 9.30 Å². The minimum absolute atomic E-state index is 0.0310. The van der Waals surface area contributed by atoms with Crippen LogP contribution < -0.4 is 4.74 Å². The fraction of sp³-hybridized carbons (Fsp3) is 0.480. The number of aromatic nitrogens is 2. The fourth-order valence-corrected chi connectivity index (χ4v) is 3.67. The maximum Gasteiger partial charge on any atom is 0.122 e. The number of fused-ring (bicyclic) bond motifs is 1. The van der Waals surface area contributed by atoms with Crippen molar-refractivity contribution in [2.75, 3.05) is 6.61 Å². The predicted molar refractivity (Wildman–Crippen MR) is 118 cm³/mol. The Morgan fingerprint density at radius 1 is 1.04 bits per heavy atom. The molecule has 150 valence electrons. The minimum Gasteiger partial charge on any atom is -0.493 e.